The molecule has 0 spiro atoms. The van der Waals surface area contributed by atoms with Crippen molar-refractivity contribution in [2.75, 3.05) is 17.4 Å². The maximum absolute atomic E-state index is 14.2. The molecule has 3 aromatic rings. The summed E-state index contributed by atoms with van der Waals surface area (Å²) in [6.45, 7) is 11.8. The zero-order chi connectivity index (χ0) is 30.2. The van der Waals surface area contributed by atoms with Gasteiger partial charge in [0.2, 0.25) is 11.8 Å². The summed E-state index contributed by atoms with van der Waals surface area (Å²) in [6.07, 6.45) is 2.16. The van der Waals surface area contributed by atoms with Gasteiger partial charge in [0.25, 0.3) is 10.0 Å². The normalized spacial score (nSPS) is 12.0. The molecule has 3 aromatic carbocycles. The Hall–Kier alpha value is -3.65. The fraction of sp³-hybridized carbons (Fsp3) is 0.394. The number of hydrogen-bond acceptors (Lipinski definition) is 4. The van der Waals surface area contributed by atoms with Gasteiger partial charge in [0.1, 0.15) is 12.6 Å². The number of nitrogens with zero attached hydrogens (tertiary/aromatic N) is 2. The third-order valence-electron chi connectivity index (χ3n) is 7.20. The molecule has 0 aliphatic carbocycles. The van der Waals surface area contributed by atoms with Crippen LogP contribution in [0.25, 0.3) is 0 Å². The Balaban J connectivity index is 2.06. The lowest BCUT2D eigenvalue weighted by Gasteiger charge is -2.33. The lowest BCUT2D eigenvalue weighted by molar-refractivity contribution is -0.140. The molecule has 1 N–H and O–H groups in total. The van der Waals surface area contributed by atoms with Gasteiger partial charge in [0.05, 0.1) is 10.6 Å². The number of nitrogens with one attached hydrogen (secondary N) is 1. The number of aryl methyl sites for hydroxylation is 4. The number of anilines is 1. The average molecular weight is 578 g/mol. The van der Waals surface area contributed by atoms with Crippen molar-refractivity contribution >= 4 is 27.5 Å². The molecule has 3 rings (SSSR count). The molecule has 0 fully saturated rings. The number of benzene rings is 3. The van der Waals surface area contributed by atoms with E-state index in [1.165, 1.54) is 9.21 Å². The van der Waals surface area contributed by atoms with Gasteiger partial charge in [-0.2, -0.15) is 0 Å². The van der Waals surface area contributed by atoms with Crippen molar-refractivity contribution in [1.82, 2.24) is 10.2 Å². The highest BCUT2D eigenvalue weighted by Crippen LogP contribution is 2.28. The minimum absolute atomic E-state index is 0.102. The molecule has 0 saturated heterocycles. The number of carbonyl (C=O) groups is 2. The van der Waals surface area contributed by atoms with Gasteiger partial charge in [-0.25, -0.2) is 8.42 Å². The number of sulfonamides is 1. The van der Waals surface area contributed by atoms with Crippen LogP contribution >= 0.6 is 0 Å². The van der Waals surface area contributed by atoms with Crippen LogP contribution in [0, 0.1) is 27.7 Å². The molecule has 0 aliphatic heterocycles. The molecular weight excluding hydrogens is 534 g/mol. The van der Waals surface area contributed by atoms with Gasteiger partial charge in [-0.05, 0) is 69.9 Å². The predicted octanol–water partition coefficient (Wildman–Crippen LogP) is 5.84. The third kappa shape index (κ3) is 8.19. The van der Waals surface area contributed by atoms with Crippen LogP contribution in [0.4, 0.5) is 5.69 Å². The van der Waals surface area contributed by atoms with Crippen LogP contribution in [0.1, 0.15) is 60.9 Å². The molecule has 0 bridgehead atoms. The molecule has 41 heavy (non-hydrogen) atoms. The van der Waals surface area contributed by atoms with Gasteiger partial charge in [-0.1, -0.05) is 85.5 Å². The number of carbonyl (C=O) groups excluding carboxylic acids is 2. The monoisotopic (exact) mass is 577 g/mol. The summed E-state index contributed by atoms with van der Waals surface area (Å²) in [7, 11) is -4.10. The number of unbranched alkanes of at least 4 members (excludes halogenated alkanes) is 1. The van der Waals surface area contributed by atoms with E-state index in [1.54, 1.807) is 30.3 Å². The molecule has 0 aliphatic rings. The van der Waals surface area contributed by atoms with Crippen molar-refractivity contribution in [1.29, 1.82) is 0 Å². The first-order chi connectivity index (χ1) is 19.5. The van der Waals surface area contributed by atoms with E-state index in [4.69, 9.17) is 0 Å². The maximum Gasteiger partial charge on any atom is 0.264 e. The van der Waals surface area contributed by atoms with Crippen LogP contribution in [0.3, 0.4) is 0 Å². The molecule has 0 heterocycles. The van der Waals surface area contributed by atoms with E-state index in [0.717, 1.165) is 40.7 Å². The molecule has 0 radical (unpaired) electrons. The fourth-order valence-corrected chi connectivity index (χ4v) is 6.23. The second-order valence-electron chi connectivity index (χ2n) is 10.7. The first-order valence-corrected chi connectivity index (χ1v) is 15.7. The standard InChI is InChI=1S/C33H43N3O4S/c1-7-9-20-34-33(38)30(8-2)35(22-28-15-10-24(3)11-16-28)32(37)23-36(31-19-14-26(5)21-27(31)6)41(39,40)29-17-12-25(4)13-18-29/h10-19,21,30H,7-9,20,22-23H2,1-6H3,(H,34,38)/t30-/m1/s1. The summed E-state index contributed by atoms with van der Waals surface area (Å²) in [6, 6.07) is 19.1. The lowest BCUT2D eigenvalue weighted by Crippen LogP contribution is -2.52. The predicted molar refractivity (Wildman–Crippen MR) is 165 cm³/mol. The third-order valence-corrected chi connectivity index (χ3v) is 8.97. The quantitative estimate of drug-likeness (QED) is 0.259. The summed E-state index contributed by atoms with van der Waals surface area (Å²) >= 11 is 0. The van der Waals surface area contributed by atoms with Crippen LogP contribution < -0.4 is 9.62 Å². The molecule has 7 nitrogen and oxygen atoms in total. The Morgan fingerprint density at radius 2 is 1.41 bits per heavy atom. The Labute approximate surface area is 245 Å². The zero-order valence-corrected chi connectivity index (χ0v) is 25.9. The number of hydrogen-bond donors (Lipinski definition) is 1. The highest BCUT2D eigenvalue weighted by molar-refractivity contribution is 7.92. The van der Waals surface area contributed by atoms with Crippen molar-refractivity contribution in [3.63, 3.8) is 0 Å². The molecule has 0 aromatic heterocycles. The van der Waals surface area contributed by atoms with E-state index in [1.807, 2.05) is 77.9 Å². The van der Waals surface area contributed by atoms with Crippen LogP contribution in [0.2, 0.25) is 0 Å². The van der Waals surface area contributed by atoms with E-state index in [-0.39, 0.29) is 17.3 Å². The van der Waals surface area contributed by atoms with Gasteiger partial charge in [-0.3, -0.25) is 13.9 Å². The van der Waals surface area contributed by atoms with Crippen LogP contribution in [-0.4, -0.2) is 44.3 Å². The molecular formula is C33H43N3O4S. The van der Waals surface area contributed by atoms with E-state index in [2.05, 4.69) is 5.32 Å². The highest BCUT2D eigenvalue weighted by atomic mass is 32.2. The SMILES string of the molecule is CCCCNC(=O)[C@@H](CC)N(Cc1ccc(C)cc1)C(=O)CN(c1ccc(C)cc1C)S(=O)(=O)c1ccc(C)cc1. The second-order valence-corrected chi connectivity index (χ2v) is 12.6. The molecule has 0 unspecified atom stereocenters. The first-order valence-electron chi connectivity index (χ1n) is 14.3. The van der Waals surface area contributed by atoms with Crippen LogP contribution in [0.15, 0.2) is 71.6 Å². The Morgan fingerprint density at radius 3 is 1.98 bits per heavy atom. The van der Waals surface area contributed by atoms with E-state index in [0.29, 0.717) is 18.7 Å². The van der Waals surface area contributed by atoms with Crippen molar-refractivity contribution in [2.24, 2.45) is 0 Å². The van der Waals surface area contributed by atoms with Gasteiger partial charge >= 0.3 is 0 Å². The van der Waals surface area contributed by atoms with Gasteiger partial charge in [0.15, 0.2) is 0 Å². The molecule has 1 atom stereocenters. The average Bonchev–Trinajstić information content (AvgIpc) is 2.93. The molecule has 8 heteroatoms. The maximum atomic E-state index is 14.2. The summed E-state index contributed by atoms with van der Waals surface area (Å²) < 4.78 is 29.3. The zero-order valence-electron chi connectivity index (χ0n) is 25.1. The van der Waals surface area contributed by atoms with Crippen molar-refractivity contribution in [2.45, 2.75) is 78.3 Å². The molecule has 0 saturated carbocycles. The minimum atomic E-state index is -4.10. The second kappa shape index (κ2) is 14.3. The van der Waals surface area contributed by atoms with Crippen molar-refractivity contribution in [3.05, 3.63) is 94.5 Å². The Kier molecular flexibility index (Phi) is 11.1. The summed E-state index contributed by atoms with van der Waals surface area (Å²) in [5, 5.41) is 2.96. The Morgan fingerprint density at radius 1 is 0.829 bits per heavy atom. The summed E-state index contributed by atoms with van der Waals surface area (Å²) in [5.74, 6) is -0.681. The van der Waals surface area contributed by atoms with Gasteiger partial charge in [0, 0.05) is 13.1 Å². The van der Waals surface area contributed by atoms with Crippen molar-refractivity contribution < 1.29 is 18.0 Å². The fourth-order valence-electron chi connectivity index (χ4n) is 4.75. The largest absolute Gasteiger partial charge is 0.354 e. The van der Waals surface area contributed by atoms with E-state index in [9.17, 15) is 18.0 Å². The molecule has 220 valence electrons. The topological polar surface area (TPSA) is 86.8 Å². The number of rotatable bonds is 13. The van der Waals surface area contributed by atoms with Gasteiger partial charge in [-0.15, -0.1) is 0 Å². The smallest absolute Gasteiger partial charge is 0.264 e. The van der Waals surface area contributed by atoms with Gasteiger partial charge < -0.3 is 10.2 Å². The van der Waals surface area contributed by atoms with E-state index < -0.39 is 28.5 Å². The van der Waals surface area contributed by atoms with E-state index >= 15 is 0 Å². The van der Waals surface area contributed by atoms with Crippen molar-refractivity contribution in [3.8, 4) is 0 Å². The Bertz CT molecular complexity index is 1430. The highest BCUT2D eigenvalue weighted by Gasteiger charge is 2.34. The van der Waals surface area contributed by atoms with Crippen LogP contribution in [0.5, 0.6) is 0 Å². The number of amides is 2. The summed E-state index contributed by atoms with van der Waals surface area (Å²) in [5.41, 5.74) is 5.04. The molecule has 2 amide bonds. The van der Waals surface area contributed by atoms with Crippen LogP contribution in [-0.2, 0) is 26.2 Å². The summed E-state index contributed by atoms with van der Waals surface area (Å²) in [4.78, 5) is 29.1. The lowest BCUT2D eigenvalue weighted by atomic mass is 10.1. The first kappa shape index (κ1) is 31.9. The minimum Gasteiger partial charge on any atom is -0.354 e.